The van der Waals surface area contributed by atoms with Crippen LogP contribution < -0.4 is 5.73 Å². The van der Waals surface area contributed by atoms with E-state index in [4.69, 9.17) is 5.73 Å². The first-order chi connectivity index (χ1) is 7.35. The third-order valence-electron chi connectivity index (χ3n) is 4.16. The van der Waals surface area contributed by atoms with Gasteiger partial charge in [-0.3, -0.25) is 0 Å². The highest BCUT2D eigenvalue weighted by atomic mass is 32.2. The van der Waals surface area contributed by atoms with Gasteiger partial charge in [0.25, 0.3) is 0 Å². The van der Waals surface area contributed by atoms with Crippen molar-refractivity contribution in [1.29, 1.82) is 0 Å². The van der Waals surface area contributed by atoms with Crippen molar-refractivity contribution in [3.63, 3.8) is 0 Å². The monoisotopic (exact) mass is 248 g/mol. The van der Waals surface area contributed by atoms with Gasteiger partial charge in [-0.2, -0.15) is 4.31 Å². The molecule has 0 aromatic carbocycles. The van der Waals surface area contributed by atoms with E-state index in [2.05, 4.69) is 6.92 Å². The largest absolute Gasteiger partial charge is 0.329 e. The summed E-state index contributed by atoms with van der Waals surface area (Å²) in [6.45, 7) is 2.62. The van der Waals surface area contributed by atoms with Crippen LogP contribution in [-0.2, 0) is 10.0 Å². The van der Waals surface area contributed by atoms with Gasteiger partial charge < -0.3 is 5.73 Å². The number of nitrogens with two attached hydrogens (primary N) is 1. The predicted octanol–water partition coefficient (Wildman–Crippen LogP) is 1.18. The van der Waals surface area contributed by atoms with Crippen molar-refractivity contribution in [2.24, 2.45) is 11.7 Å². The quantitative estimate of drug-likeness (QED) is 0.812. The van der Waals surface area contributed by atoms with E-state index in [1.807, 2.05) is 0 Å². The Hall–Kier alpha value is -0.130. The SMILES string of the molecule is CCC1CCC(CN)(N(C)S(C)(=O)=O)CC1. The Kier molecular flexibility index (Phi) is 4.37. The van der Waals surface area contributed by atoms with Crippen LogP contribution in [0.5, 0.6) is 0 Å². The van der Waals surface area contributed by atoms with Crippen molar-refractivity contribution in [3.8, 4) is 0 Å². The zero-order valence-electron chi connectivity index (χ0n) is 10.6. The maximum absolute atomic E-state index is 11.6. The second-order valence-corrected chi connectivity index (χ2v) is 7.02. The van der Waals surface area contributed by atoms with Gasteiger partial charge in [-0.25, -0.2) is 8.42 Å². The fraction of sp³-hybridized carbons (Fsp3) is 1.00. The van der Waals surface area contributed by atoms with Crippen LogP contribution in [0.15, 0.2) is 0 Å². The molecule has 0 amide bonds. The molecule has 0 aromatic rings. The lowest BCUT2D eigenvalue weighted by Gasteiger charge is -2.44. The van der Waals surface area contributed by atoms with Crippen molar-refractivity contribution in [3.05, 3.63) is 0 Å². The summed E-state index contributed by atoms with van der Waals surface area (Å²) in [7, 11) is -1.48. The first-order valence-electron chi connectivity index (χ1n) is 6.00. The molecular weight excluding hydrogens is 224 g/mol. The van der Waals surface area contributed by atoms with Crippen molar-refractivity contribution in [2.45, 2.75) is 44.6 Å². The molecule has 0 atom stereocenters. The van der Waals surface area contributed by atoms with Crippen LogP contribution in [0.4, 0.5) is 0 Å². The maximum Gasteiger partial charge on any atom is 0.211 e. The van der Waals surface area contributed by atoms with Crippen LogP contribution in [0.2, 0.25) is 0 Å². The van der Waals surface area contributed by atoms with Crippen LogP contribution in [0, 0.1) is 5.92 Å². The molecule has 4 nitrogen and oxygen atoms in total. The number of hydrogen-bond donors (Lipinski definition) is 1. The lowest BCUT2D eigenvalue weighted by Crippen LogP contribution is -2.55. The minimum absolute atomic E-state index is 0.334. The third kappa shape index (κ3) is 2.76. The molecule has 0 radical (unpaired) electrons. The highest BCUT2D eigenvalue weighted by Crippen LogP contribution is 2.37. The minimum atomic E-state index is -3.14. The lowest BCUT2D eigenvalue weighted by atomic mass is 9.75. The standard InChI is InChI=1S/C11H24N2O2S/c1-4-10-5-7-11(9-12,8-6-10)13(2)16(3,14)15/h10H,4-9,12H2,1-3H3. The van der Waals surface area contributed by atoms with Crippen LogP contribution in [0.3, 0.4) is 0 Å². The zero-order valence-corrected chi connectivity index (χ0v) is 11.4. The highest BCUT2D eigenvalue weighted by Gasteiger charge is 2.40. The normalized spacial score (nSPS) is 31.9. The molecule has 1 aliphatic rings. The van der Waals surface area contributed by atoms with Gasteiger partial charge >= 0.3 is 0 Å². The topological polar surface area (TPSA) is 63.4 Å². The maximum atomic E-state index is 11.6. The minimum Gasteiger partial charge on any atom is -0.329 e. The summed E-state index contributed by atoms with van der Waals surface area (Å²) >= 11 is 0. The molecule has 0 unspecified atom stereocenters. The van der Waals surface area contributed by atoms with Gasteiger partial charge in [0.2, 0.25) is 10.0 Å². The number of rotatable bonds is 4. The van der Waals surface area contributed by atoms with Crippen molar-refractivity contribution in [2.75, 3.05) is 19.8 Å². The Bertz CT molecular complexity index is 319. The highest BCUT2D eigenvalue weighted by molar-refractivity contribution is 7.88. The summed E-state index contributed by atoms with van der Waals surface area (Å²) in [5.74, 6) is 0.743. The summed E-state index contributed by atoms with van der Waals surface area (Å²) in [5, 5.41) is 0. The fourth-order valence-electron chi connectivity index (χ4n) is 2.62. The second-order valence-electron chi connectivity index (χ2n) is 5.01. The predicted molar refractivity (Wildman–Crippen MR) is 66.6 cm³/mol. The number of hydrogen-bond acceptors (Lipinski definition) is 3. The number of sulfonamides is 1. The summed E-state index contributed by atoms with van der Waals surface area (Å²) < 4.78 is 24.7. The average molecular weight is 248 g/mol. The Balaban J connectivity index is 2.81. The van der Waals surface area contributed by atoms with E-state index in [-0.39, 0.29) is 5.54 Å². The van der Waals surface area contributed by atoms with Gasteiger partial charge in [0.1, 0.15) is 0 Å². The third-order valence-corrected chi connectivity index (χ3v) is 5.54. The van der Waals surface area contributed by atoms with Crippen LogP contribution in [-0.4, -0.2) is 38.1 Å². The number of likely N-dealkylation sites (N-methyl/N-ethyl adjacent to an activating group) is 1. The van der Waals surface area contributed by atoms with E-state index >= 15 is 0 Å². The molecule has 1 aliphatic carbocycles. The van der Waals surface area contributed by atoms with Crippen molar-refractivity contribution < 1.29 is 8.42 Å². The summed E-state index contributed by atoms with van der Waals surface area (Å²) in [6, 6.07) is 0. The van der Waals surface area contributed by atoms with E-state index in [0.29, 0.717) is 6.54 Å². The van der Waals surface area contributed by atoms with E-state index in [9.17, 15) is 8.42 Å². The Labute approximate surface area is 99.2 Å². The molecule has 0 spiro atoms. The van der Waals surface area contributed by atoms with Gasteiger partial charge in [0.15, 0.2) is 0 Å². The molecule has 2 N–H and O–H groups in total. The van der Waals surface area contributed by atoms with Gasteiger partial charge in [0.05, 0.1) is 6.26 Å². The summed E-state index contributed by atoms with van der Waals surface area (Å²) in [5.41, 5.74) is 5.48. The molecule has 0 aliphatic heterocycles. The van der Waals surface area contributed by atoms with Crippen LogP contribution >= 0.6 is 0 Å². The molecule has 5 heteroatoms. The number of nitrogens with zero attached hydrogens (tertiary/aromatic N) is 1. The van der Waals surface area contributed by atoms with Gasteiger partial charge in [-0.15, -0.1) is 0 Å². The Morgan fingerprint density at radius 2 is 1.88 bits per heavy atom. The molecule has 0 aromatic heterocycles. The lowest BCUT2D eigenvalue weighted by molar-refractivity contribution is 0.129. The molecule has 0 heterocycles. The van der Waals surface area contributed by atoms with Crippen LogP contribution in [0.1, 0.15) is 39.0 Å². The molecule has 16 heavy (non-hydrogen) atoms. The van der Waals surface area contributed by atoms with E-state index in [1.54, 1.807) is 7.05 Å². The van der Waals surface area contributed by atoms with Gasteiger partial charge in [0, 0.05) is 19.1 Å². The van der Waals surface area contributed by atoms with Crippen molar-refractivity contribution in [1.82, 2.24) is 4.31 Å². The molecule has 1 fully saturated rings. The second kappa shape index (κ2) is 5.02. The smallest absolute Gasteiger partial charge is 0.211 e. The molecule has 0 bridgehead atoms. The first-order valence-corrected chi connectivity index (χ1v) is 7.84. The van der Waals surface area contributed by atoms with Crippen molar-refractivity contribution >= 4 is 10.0 Å². The van der Waals surface area contributed by atoms with E-state index in [0.717, 1.165) is 31.6 Å². The molecule has 1 saturated carbocycles. The molecule has 96 valence electrons. The summed E-state index contributed by atoms with van der Waals surface area (Å²) in [6.07, 6.45) is 6.41. The Morgan fingerprint density at radius 3 is 2.19 bits per heavy atom. The molecule has 0 saturated heterocycles. The molecular formula is C11H24N2O2S. The molecule has 1 rings (SSSR count). The first kappa shape index (κ1) is 13.9. The van der Waals surface area contributed by atoms with E-state index < -0.39 is 10.0 Å². The zero-order chi connectivity index (χ0) is 12.4. The van der Waals surface area contributed by atoms with E-state index in [1.165, 1.54) is 17.0 Å². The summed E-state index contributed by atoms with van der Waals surface area (Å²) in [4.78, 5) is 0. The Morgan fingerprint density at radius 1 is 1.38 bits per heavy atom. The van der Waals surface area contributed by atoms with Gasteiger partial charge in [-0.1, -0.05) is 13.3 Å². The van der Waals surface area contributed by atoms with Gasteiger partial charge in [-0.05, 0) is 31.6 Å². The van der Waals surface area contributed by atoms with Crippen LogP contribution in [0.25, 0.3) is 0 Å². The fourth-order valence-corrected chi connectivity index (χ4v) is 3.58. The average Bonchev–Trinajstić information content (AvgIpc) is 2.27.